The van der Waals surface area contributed by atoms with Gasteiger partial charge in [-0.1, -0.05) is 26.3 Å². The highest BCUT2D eigenvalue weighted by Crippen LogP contribution is 2.35. The van der Waals surface area contributed by atoms with Gasteiger partial charge in [0.1, 0.15) is 11.6 Å². The molecule has 0 spiro atoms. The van der Waals surface area contributed by atoms with Gasteiger partial charge in [0.15, 0.2) is 0 Å². The second-order valence-electron chi connectivity index (χ2n) is 9.45. The molecule has 3 rings (SSSR count). The van der Waals surface area contributed by atoms with Crippen LogP contribution < -0.4 is 10.9 Å². The standard InChI is InChI=1S/C22H33N3O4/c1-6-14(2)19(23-21(28)29-22(3,4)5)20(27)24-11-15-10-16(13-24)17-8-7-9-18(26)25(17)12-15/h7-9,14-16,19H,6,10-13H2,1-5H3,(H,23,28)/t14?,15?,16-,19?/m1/s1. The number of nitrogens with one attached hydrogen (secondary N) is 1. The van der Waals surface area contributed by atoms with Gasteiger partial charge in [-0.05, 0) is 45.1 Å². The summed E-state index contributed by atoms with van der Waals surface area (Å²) < 4.78 is 7.23. The summed E-state index contributed by atoms with van der Waals surface area (Å²) in [6.07, 6.45) is 1.19. The van der Waals surface area contributed by atoms with Crippen molar-refractivity contribution in [2.75, 3.05) is 13.1 Å². The number of amides is 2. The number of alkyl carbamates (subject to hydrolysis) is 1. The molecule has 2 amide bonds. The number of carbonyl (C=O) groups is 2. The van der Waals surface area contributed by atoms with Gasteiger partial charge in [-0.3, -0.25) is 9.59 Å². The maximum atomic E-state index is 13.4. The lowest BCUT2D eigenvalue weighted by Gasteiger charge is -2.44. The summed E-state index contributed by atoms with van der Waals surface area (Å²) in [6.45, 7) is 11.2. The molecule has 2 bridgehead atoms. The second-order valence-corrected chi connectivity index (χ2v) is 9.45. The Morgan fingerprint density at radius 3 is 2.62 bits per heavy atom. The molecule has 0 saturated carbocycles. The van der Waals surface area contributed by atoms with Gasteiger partial charge in [0.2, 0.25) is 5.91 Å². The molecule has 1 fully saturated rings. The number of hydrogen-bond donors (Lipinski definition) is 1. The lowest BCUT2D eigenvalue weighted by molar-refractivity contribution is -0.137. The average molecular weight is 404 g/mol. The Morgan fingerprint density at radius 1 is 1.24 bits per heavy atom. The molecule has 3 unspecified atom stereocenters. The zero-order chi connectivity index (χ0) is 21.3. The molecule has 0 aliphatic carbocycles. The maximum absolute atomic E-state index is 13.4. The van der Waals surface area contributed by atoms with E-state index in [1.54, 1.807) is 32.9 Å². The Balaban J connectivity index is 1.77. The van der Waals surface area contributed by atoms with Gasteiger partial charge in [-0.25, -0.2) is 4.79 Å². The molecular weight excluding hydrogens is 370 g/mol. The van der Waals surface area contributed by atoms with Crippen LogP contribution in [0.15, 0.2) is 23.0 Å². The third-order valence-corrected chi connectivity index (χ3v) is 5.94. The number of piperidine rings is 1. The fraction of sp³-hybridized carbons (Fsp3) is 0.682. The van der Waals surface area contributed by atoms with E-state index in [-0.39, 0.29) is 29.2 Å². The van der Waals surface area contributed by atoms with E-state index in [9.17, 15) is 14.4 Å². The number of fused-ring (bicyclic) bond motifs is 4. The monoisotopic (exact) mass is 403 g/mol. The van der Waals surface area contributed by atoms with E-state index in [0.29, 0.717) is 19.6 Å². The largest absolute Gasteiger partial charge is 0.444 e. The van der Waals surface area contributed by atoms with Crippen LogP contribution in [-0.4, -0.2) is 46.2 Å². The molecule has 1 aromatic rings. The van der Waals surface area contributed by atoms with Gasteiger partial charge < -0.3 is 19.5 Å². The molecule has 1 saturated heterocycles. The SMILES string of the molecule is CCC(C)C(NC(=O)OC(C)(C)C)C(=O)N1CC2C[C@H](C1)c1cccc(=O)n1C2. The second kappa shape index (κ2) is 8.20. The predicted molar refractivity (Wildman–Crippen MR) is 111 cm³/mol. The maximum Gasteiger partial charge on any atom is 0.408 e. The Bertz CT molecular complexity index is 826. The molecule has 2 aliphatic heterocycles. The zero-order valence-electron chi connectivity index (χ0n) is 18.1. The minimum absolute atomic E-state index is 0.00769. The summed E-state index contributed by atoms with van der Waals surface area (Å²) in [5, 5.41) is 2.81. The number of likely N-dealkylation sites (tertiary alicyclic amines) is 1. The highest BCUT2D eigenvalue weighted by atomic mass is 16.6. The van der Waals surface area contributed by atoms with Crippen LogP contribution in [0.2, 0.25) is 0 Å². The molecule has 4 atom stereocenters. The minimum atomic E-state index is -0.619. The number of pyridine rings is 1. The van der Waals surface area contributed by atoms with E-state index >= 15 is 0 Å². The summed E-state index contributed by atoms with van der Waals surface area (Å²) >= 11 is 0. The normalized spacial score (nSPS) is 23.0. The Hall–Kier alpha value is -2.31. The summed E-state index contributed by atoms with van der Waals surface area (Å²) in [4.78, 5) is 39.8. The van der Waals surface area contributed by atoms with Crippen LogP contribution in [0.25, 0.3) is 0 Å². The summed E-state index contributed by atoms with van der Waals surface area (Å²) in [5.74, 6) is 0.335. The van der Waals surface area contributed by atoms with Gasteiger partial charge in [-0.15, -0.1) is 0 Å². The molecule has 1 N–H and O–H groups in total. The van der Waals surface area contributed by atoms with Crippen LogP contribution >= 0.6 is 0 Å². The van der Waals surface area contributed by atoms with Crippen molar-refractivity contribution in [3.8, 4) is 0 Å². The van der Waals surface area contributed by atoms with Crippen molar-refractivity contribution in [2.45, 2.75) is 71.6 Å². The molecule has 0 radical (unpaired) electrons. The first kappa shape index (κ1) is 21.4. The van der Waals surface area contributed by atoms with Crippen LogP contribution in [0.5, 0.6) is 0 Å². The molecule has 3 heterocycles. The highest BCUT2D eigenvalue weighted by molar-refractivity contribution is 5.86. The molecule has 160 valence electrons. The Labute approximate surface area is 172 Å². The third-order valence-electron chi connectivity index (χ3n) is 5.94. The van der Waals surface area contributed by atoms with Crippen LogP contribution in [0, 0.1) is 11.8 Å². The Kier molecular flexibility index (Phi) is 6.05. The fourth-order valence-electron chi connectivity index (χ4n) is 4.39. The molecule has 1 aromatic heterocycles. The lowest BCUT2D eigenvalue weighted by Crippen LogP contribution is -2.57. The smallest absolute Gasteiger partial charge is 0.408 e. The van der Waals surface area contributed by atoms with Crippen molar-refractivity contribution in [3.05, 3.63) is 34.2 Å². The Morgan fingerprint density at radius 2 is 1.97 bits per heavy atom. The predicted octanol–water partition coefficient (Wildman–Crippen LogP) is 2.73. The van der Waals surface area contributed by atoms with E-state index in [1.165, 1.54) is 0 Å². The van der Waals surface area contributed by atoms with E-state index in [4.69, 9.17) is 4.74 Å². The molecule has 7 nitrogen and oxygen atoms in total. The van der Waals surface area contributed by atoms with E-state index in [2.05, 4.69) is 5.32 Å². The van der Waals surface area contributed by atoms with Crippen molar-refractivity contribution in [1.82, 2.24) is 14.8 Å². The van der Waals surface area contributed by atoms with E-state index in [1.807, 2.05) is 29.4 Å². The summed E-state index contributed by atoms with van der Waals surface area (Å²) in [6, 6.07) is 4.76. The van der Waals surface area contributed by atoms with Crippen LogP contribution in [-0.2, 0) is 16.1 Å². The molecule has 29 heavy (non-hydrogen) atoms. The van der Waals surface area contributed by atoms with E-state index < -0.39 is 17.7 Å². The molecule has 2 aliphatic rings. The number of nitrogens with zero attached hydrogens (tertiary/aromatic N) is 2. The third kappa shape index (κ3) is 4.82. The molecule has 0 aromatic carbocycles. The van der Waals surface area contributed by atoms with Crippen LogP contribution in [0.3, 0.4) is 0 Å². The van der Waals surface area contributed by atoms with Crippen LogP contribution in [0.1, 0.15) is 59.1 Å². The number of hydrogen-bond acceptors (Lipinski definition) is 4. The first-order chi connectivity index (χ1) is 13.6. The average Bonchev–Trinajstić information content (AvgIpc) is 2.64. The fourth-order valence-corrected chi connectivity index (χ4v) is 4.39. The number of ether oxygens (including phenoxy) is 1. The van der Waals surface area contributed by atoms with Crippen molar-refractivity contribution >= 4 is 12.0 Å². The lowest BCUT2D eigenvalue weighted by atomic mass is 9.82. The highest BCUT2D eigenvalue weighted by Gasteiger charge is 2.39. The number of carbonyl (C=O) groups excluding carboxylic acids is 2. The van der Waals surface area contributed by atoms with Crippen molar-refractivity contribution in [3.63, 3.8) is 0 Å². The first-order valence-electron chi connectivity index (χ1n) is 10.6. The van der Waals surface area contributed by atoms with Gasteiger partial charge in [0.25, 0.3) is 5.56 Å². The quantitative estimate of drug-likeness (QED) is 0.838. The first-order valence-corrected chi connectivity index (χ1v) is 10.6. The minimum Gasteiger partial charge on any atom is -0.444 e. The molecular formula is C22H33N3O4. The zero-order valence-corrected chi connectivity index (χ0v) is 18.1. The van der Waals surface area contributed by atoms with Gasteiger partial charge >= 0.3 is 6.09 Å². The molecule has 7 heteroatoms. The summed E-state index contributed by atoms with van der Waals surface area (Å²) in [5.41, 5.74) is 0.416. The van der Waals surface area contributed by atoms with Crippen molar-refractivity contribution in [1.29, 1.82) is 0 Å². The topological polar surface area (TPSA) is 80.6 Å². The summed E-state index contributed by atoms with van der Waals surface area (Å²) in [7, 11) is 0. The number of aromatic nitrogens is 1. The van der Waals surface area contributed by atoms with Crippen LogP contribution in [0.4, 0.5) is 4.79 Å². The van der Waals surface area contributed by atoms with Crippen molar-refractivity contribution in [2.24, 2.45) is 11.8 Å². The van der Waals surface area contributed by atoms with Crippen molar-refractivity contribution < 1.29 is 14.3 Å². The van der Waals surface area contributed by atoms with E-state index in [0.717, 1.165) is 18.5 Å². The number of rotatable bonds is 4. The van der Waals surface area contributed by atoms with Gasteiger partial charge in [0, 0.05) is 37.3 Å². The van der Waals surface area contributed by atoms with Gasteiger partial charge in [0.05, 0.1) is 0 Å². The van der Waals surface area contributed by atoms with Gasteiger partial charge in [-0.2, -0.15) is 0 Å².